The Morgan fingerprint density at radius 1 is 1.41 bits per heavy atom. The molecule has 0 spiro atoms. The first-order valence-corrected chi connectivity index (χ1v) is 10.6. The van der Waals surface area contributed by atoms with Crippen LogP contribution < -0.4 is 10.6 Å². The van der Waals surface area contributed by atoms with E-state index in [9.17, 15) is 4.21 Å². The van der Waals surface area contributed by atoms with E-state index in [0.717, 1.165) is 29.2 Å². The third kappa shape index (κ3) is 5.85. The van der Waals surface area contributed by atoms with E-state index in [4.69, 9.17) is 15.5 Å². The Morgan fingerprint density at radius 2 is 2.17 bits per heavy atom. The Balaban J connectivity index is 0.00000280. The predicted molar refractivity (Wildman–Crippen MR) is 124 cm³/mol. The molecule has 0 amide bonds. The van der Waals surface area contributed by atoms with Gasteiger partial charge < -0.3 is 20.8 Å². The molecule has 8 heteroatoms. The number of aromatic nitrogens is 2. The molecule has 1 unspecified atom stereocenters. The average Bonchev–Trinajstić information content (AvgIpc) is 2.68. The second kappa shape index (κ2) is 11.0. The van der Waals surface area contributed by atoms with Crippen molar-refractivity contribution in [1.29, 1.82) is 0 Å². The van der Waals surface area contributed by atoms with Crippen molar-refractivity contribution in [3.05, 3.63) is 42.1 Å². The van der Waals surface area contributed by atoms with Crippen LogP contribution in [0.25, 0.3) is 17.5 Å². The number of morpholine rings is 1. The Hall–Kier alpha value is -2.29. The van der Waals surface area contributed by atoms with Gasteiger partial charge in [0.05, 0.1) is 30.7 Å². The molecule has 2 atom stereocenters. The summed E-state index contributed by atoms with van der Waals surface area (Å²) in [5.74, 6) is 2.47. The summed E-state index contributed by atoms with van der Waals surface area (Å²) in [7, 11) is -0.944. The fraction of sp³-hybridized carbons (Fsp3) is 0.429. The number of hydrogen-bond donors (Lipinski definition) is 1. The zero-order valence-corrected chi connectivity index (χ0v) is 17.2. The Kier molecular flexibility index (Phi) is 9.42. The van der Waals surface area contributed by atoms with Crippen LogP contribution in [0.5, 0.6) is 0 Å². The summed E-state index contributed by atoms with van der Waals surface area (Å²) in [6.07, 6.45) is 1.72. The van der Waals surface area contributed by atoms with Gasteiger partial charge in [-0.15, -0.1) is 0 Å². The van der Waals surface area contributed by atoms with Crippen molar-refractivity contribution in [2.45, 2.75) is 33.1 Å². The van der Waals surface area contributed by atoms with Gasteiger partial charge in [0.1, 0.15) is 5.82 Å². The van der Waals surface area contributed by atoms with E-state index in [-0.39, 0.29) is 20.4 Å². The van der Waals surface area contributed by atoms with Crippen molar-refractivity contribution >= 4 is 28.4 Å². The van der Waals surface area contributed by atoms with E-state index >= 15 is 0 Å². The van der Waals surface area contributed by atoms with Crippen LogP contribution in [-0.4, -0.2) is 51.2 Å². The van der Waals surface area contributed by atoms with Crippen LogP contribution in [0.15, 0.2) is 30.8 Å². The average molecular weight is 423 g/mol. The van der Waals surface area contributed by atoms with E-state index in [1.54, 1.807) is 6.08 Å². The summed E-state index contributed by atoms with van der Waals surface area (Å²) in [4.78, 5) is 11.7. The summed E-state index contributed by atoms with van der Waals surface area (Å²) in [5, 5.41) is 0. The molecular weight excluding hydrogens is 388 g/mol. The SMILES string of the molecule is C.C=Cc1cc(-c2nc(CS(=O)CC)cc(N3CCOC[C@H]3C)n2)ccc1N.O.[HH]. The topological polar surface area (TPSA) is 113 Å². The van der Waals surface area contributed by atoms with Crippen LogP contribution in [0.2, 0.25) is 0 Å². The van der Waals surface area contributed by atoms with Crippen LogP contribution in [0, 0.1) is 0 Å². The minimum atomic E-state index is -0.944. The van der Waals surface area contributed by atoms with Crippen LogP contribution in [0.3, 0.4) is 0 Å². The van der Waals surface area contributed by atoms with Crippen molar-refractivity contribution in [3.8, 4) is 11.4 Å². The number of nitrogens with zero attached hydrogens (tertiary/aromatic N) is 3. The zero-order valence-electron chi connectivity index (χ0n) is 16.4. The lowest BCUT2D eigenvalue weighted by molar-refractivity contribution is 0.0985. The molecule has 1 aromatic heterocycles. The second-order valence-corrected chi connectivity index (χ2v) is 8.32. The largest absolute Gasteiger partial charge is 0.412 e. The first-order valence-electron chi connectivity index (χ1n) is 9.11. The van der Waals surface area contributed by atoms with Gasteiger partial charge in [0, 0.05) is 41.8 Å². The maximum absolute atomic E-state index is 12.1. The number of nitrogen functional groups attached to an aromatic ring is 1. The smallest absolute Gasteiger partial charge is 0.161 e. The quantitative estimate of drug-likeness (QED) is 0.716. The maximum Gasteiger partial charge on any atom is 0.161 e. The molecule has 0 radical (unpaired) electrons. The molecule has 2 aromatic rings. The fourth-order valence-electron chi connectivity index (χ4n) is 3.06. The molecule has 162 valence electrons. The Labute approximate surface area is 177 Å². The highest BCUT2D eigenvalue weighted by Crippen LogP contribution is 2.26. The summed E-state index contributed by atoms with van der Waals surface area (Å²) in [6.45, 7) is 9.95. The highest BCUT2D eigenvalue weighted by atomic mass is 32.2. The van der Waals surface area contributed by atoms with E-state index < -0.39 is 10.8 Å². The molecule has 0 aliphatic carbocycles. The highest BCUT2D eigenvalue weighted by Gasteiger charge is 2.22. The maximum atomic E-state index is 12.1. The molecule has 1 aliphatic rings. The first kappa shape index (κ1) is 24.7. The molecule has 1 aliphatic heterocycles. The first-order chi connectivity index (χ1) is 13.0. The minimum Gasteiger partial charge on any atom is -0.412 e. The van der Waals surface area contributed by atoms with Gasteiger partial charge in [0.15, 0.2) is 5.82 Å². The van der Waals surface area contributed by atoms with Gasteiger partial charge in [-0.3, -0.25) is 4.21 Å². The molecule has 0 bridgehead atoms. The second-order valence-electron chi connectivity index (χ2n) is 6.58. The van der Waals surface area contributed by atoms with Gasteiger partial charge in [-0.05, 0) is 30.7 Å². The molecule has 1 saturated heterocycles. The molecule has 2 heterocycles. The molecule has 1 aromatic carbocycles. The highest BCUT2D eigenvalue weighted by molar-refractivity contribution is 7.84. The van der Waals surface area contributed by atoms with Gasteiger partial charge in [-0.25, -0.2) is 9.97 Å². The van der Waals surface area contributed by atoms with E-state index in [0.29, 0.717) is 36.2 Å². The summed E-state index contributed by atoms with van der Waals surface area (Å²) in [6, 6.07) is 7.85. The van der Waals surface area contributed by atoms with Crippen LogP contribution >= 0.6 is 0 Å². The number of nitrogens with two attached hydrogens (primary N) is 1. The van der Waals surface area contributed by atoms with Crippen LogP contribution in [-0.2, 0) is 21.3 Å². The number of anilines is 2. The lowest BCUT2D eigenvalue weighted by Crippen LogP contribution is -2.44. The normalized spacial score (nSPS) is 17.0. The lowest BCUT2D eigenvalue weighted by atomic mass is 10.1. The fourth-order valence-corrected chi connectivity index (χ4v) is 3.74. The number of hydrogen-bond acceptors (Lipinski definition) is 6. The lowest BCUT2D eigenvalue weighted by Gasteiger charge is -2.34. The third-order valence-corrected chi connectivity index (χ3v) is 5.89. The number of ether oxygens (including phenoxy) is 1. The van der Waals surface area contributed by atoms with Crippen molar-refractivity contribution in [2.75, 3.05) is 36.1 Å². The molecule has 29 heavy (non-hydrogen) atoms. The molecule has 0 saturated carbocycles. The molecule has 4 N–H and O–H groups in total. The Bertz CT molecular complexity index is 866. The van der Waals surface area contributed by atoms with Crippen molar-refractivity contribution in [3.63, 3.8) is 0 Å². The Morgan fingerprint density at radius 3 is 2.83 bits per heavy atom. The standard InChI is InChI=1S/C20H26N4O2S.CH4.H2O.H2/c1-4-15-10-16(6-7-18(15)21)20-22-17(13-27(25)5-2)11-19(23-20)24-8-9-26-12-14(24)3;;;/h4,6-7,10-11,14H,1,5,8-9,12-13,21H2,2-3H3;1H4;1H2;1H/t14-,27?;;;/m1.../s1. The van der Waals surface area contributed by atoms with Gasteiger partial charge >= 0.3 is 0 Å². The van der Waals surface area contributed by atoms with Crippen molar-refractivity contribution < 1.29 is 15.8 Å². The van der Waals surface area contributed by atoms with Gasteiger partial charge in [0.25, 0.3) is 0 Å². The van der Waals surface area contributed by atoms with Crippen molar-refractivity contribution in [2.24, 2.45) is 0 Å². The third-order valence-electron chi connectivity index (χ3n) is 4.62. The van der Waals surface area contributed by atoms with E-state index in [1.807, 2.05) is 31.2 Å². The number of rotatable bonds is 6. The molecular formula is C21H34N4O3S. The van der Waals surface area contributed by atoms with E-state index in [1.165, 1.54) is 0 Å². The van der Waals surface area contributed by atoms with Gasteiger partial charge in [-0.2, -0.15) is 0 Å². The summed E-state index contributed by atoms with van der Waals surface area (Å²) < 4.78 is 17.7. The molecule has 7 nitrogen and oxygen atoms in total. The van der Waals surface area contributed by atoms with Crippen LogP contribution in [0.4, 0.5) is 11.5 Å². The molecule has 1 fully saturated rings. The summed E-state index contributed by atoms with van der Waals surface area (Å²) in [5.41, 5.74) is 9.14. The van der Waals surface area contributed by atoms with Crippen LogP contribution in [0.1, 0.15) is 34.0 Å². The monoisotopic (exact) mass is 422 g/mol. The summed E-state index contributed by atoms with van der Waals surface area (Å²) >= 11 is 0. The van der Waals surface area contributed by atoms with E-state index in [2.05, 4.69) is 23.4 Å². The molecule has 3 rings (SSSR count). The predicted octanol–water partition coefficient (Wildman–Crippen LogP) is 2.92. The van der Waals surface area contributed by atoms with Gasteiger partial charge in [0.2, 0.25) is 0 Å². The van der Waals surface area contributed by atoms with Gasteiger partial charge in [-0.1, -0.05) is 27.0 Å². The number of benzene rings is 1. The zero-order chi connectivity index (χ0) is 19.4. The minimum absolute atomic E-state index is 0. The van der Waals surface area contributed by atoms with Crippen molar-refractivity contribution in [1.82, 2.24) is 9.97 Å².